The second-order valence-electron chi connectivity index (χ2n) is 7.75. The van der Waals surface area contributed by atoms with Crippen LogP contribution in [0.15, 0.2) is 52.9 Å². The first-order valence-electron chi connectivity index (χ1n) is 10.5. The van der Waals surface area contributed by atoms with Gasteiger partial charge < -0.3 is 16.0 Å². The fourth-order valence-electron chi connectivity index (χ4n) is 3.72. The lowest BCUT2D eigenvalue weighted by Crippen LogP contribution is -2.39. The number of likely N-dealkylation sites (tertiary alicyclic amines) is 1. The van der Waals surface area contributed by atoms with Gasteiger partial charge in [-0.3, -0.25) is 9.59 Å². The number of carbonyl (C=O) groups is 2. The van der Waals surface area contributed by atoms with E-state index < -0.39 is 0 Å². The first-order chi connectivity index (χ1) is 15.1. The largest absolute Gasteiger partial charge is 0.369 e. The van der Waals surface area contributed by atoms with Gasteiger partial charge in [-0.05, 0) is 62.2 Å². The molecule has 0 saturated carbocycles. The van der Waals surface area contributed by atoms with E-state index in [9.17, 15) is 9.59 Å². The van der Waals surface area contributed by atoms with Crippen molar-refractivity contribution in [2.75, 3.05) is 30.7 Å². The third-order valence-electron chi connectivity index (χ3n) is 5.55. The molecule has 0 unspecified atom stereocenters. The summed E-state index contributed by atoms with van der Waals surface area (Å²) in [6, 6.07) is 16.0. The third-order valence-corrected chi connectivity index (χ3v) is 7.72. The first-order valence-corrected chi connectivity index (χ1v) is 12.3. The number of nitrogens with zero attached hydrogens (tertiary/aromatic N) is 2. The van der Waals surface area contributed by atoms with Crippen molar-refractivity contribution in [3.63, 3.8) is 0 Å². The number of piperidine rings is 1. The molecule has 3 N–H and O–H groups in total. The SMILES string of the molecule is NC(=O)C1CCN(CCc2ccc(NC(=O)CSc3nc4ccccc4s3)cc2)CC1. The highest BCUT2D eigenvalue weighted by atomic mass is 32.2. The minimum Gasteiger partial charge on any atom is -0.369 e. The number of carbonyl (C=O) groups excluding carboxylic acids is 2. The summed E-state index contributed by atoms with van der Waals surface area (Å²) in [5, 5.41) is 2.96. The number of amides is 2. The van der Waals surface area contributed by atoms with E-state index in [1.54, 1.807) is 11.3 Å². The maximum absolute atomic E-state index is 12.3. The summed E-state index contributed by atoms with van der Waals surface area (Å²) in [6.45, 7) is 2.82. The number of anilines is 1. The molecule has 0 aliphatic carbocycles. The number of aromatic nitrogens is 1. The summed E-state index contributed by atoms with van der Waals surface area (Å²) < 4.78 is 2.05. The molecule has 1 aliphatic rings. The smallest absolute Gasteiger partial charge is 0.234 e. The Hall–Kier alpha value is -2.42. The molecule has 0 bridgehead atoms. The van der Waals surface area contributed by atoms with Crippen molar-refractivity contribution in [3.8, 4) is 0 Å². The van der Waals surface area contributed by atoms with Crippen LogP contribution >= 0.6 is 23.1 Å². The third kappa shape index (κ3) is 6.06. The highest BCUT2D eigenvalue weighted by molar-refractivity contribution is 8.01. The molecule has 4 rings (SSSR count). The second kappa shape index (κ2) is 10.3. The fourth-order valence-corrected chi connectivity index (χ4v) is 5.59. The number of nitrogens with two attached hydrogens (primary N) is 1. The molecule has 1 aromatic heterocycles. The Morgan fingerprint density at radius 2 is 1.87 bits per heavy atom. The van der Waals surface area contributed by atoms with Crippen LogP contribution in [0, 0.1) is 5.92 Å². The van der Waals surface area contributed by atoms with Gasteiger partial charge in [-0.2, -0.15) is 0 Å². The Labute approximate surface area is 190 Å². The highest BCUT2D eigenvalue weighted by Gasteiger charge is 2.22. The quantitative estimate of drug-likeness (QED) is 0.506. The van der Waals surface area contributed by atoms with Gasteiger partial charge in [-0.1, -0.05) is 36.0 Å². The Balaban J connectivity index is 1.20. The summed E-state index contributed by atoms with van der Waals surface area (Å²) in [5.74, 6) is 0.167. The lowest BCUT2D eigenvalue weighted by Gasteiger charge is -2.30. The van der Waals surface area contributed by atoms with E-state index >= 15 is 0 Å². The Morgan fingerprint density at radius 1 is 1.13 bits per heavy atom. The molecule has 6 nitrogen and oxygen atoms in total. The van der Waals surface area contributed by atoms with Crippen LogP contribution in [0.25, 0.3) is 10.2 Å². The van der Waals surface area contributed by atoms with Crippen molar-refractivity contribution < 1.29 is 9.59 Å². The summed E-state index contributed by atoms with van der Waals surface area (Å²) in [4.78, 5) is 30.5. The summed E-state index contributed by atoms with van der Waals surface area (Å²) in [5.41, 5.74) is 8.42. The van der Waals surface area contributed by atoms with Crippen LogP contribution in [-0.2, 0) is 16.0 Å². The van der Waals surface area contributed by atoms with Crippen LogP contribution in [0.3, 0.4) is 0 Å². The van der Waals surface area contributed by atoms with Gasteiger partial charge in [0.25, 0.3) is 0 Å². The summed E-state index contributed by atoms with van der Waals surface area (Å²) in [6.07, 6.45) is 2.66. The van der Waals surface area contributed by atoms with Crippen LogP contribution in [0.5, 0.6) is 0 Å². The average molecular weight is 455 g/mol. The molecule has 31 heavy (non-hydrogen) atoms. The number of benzene rings is 2. The Kier molecular flexibility index (Phi) is 7.21. The van der Waals surface area contributed by atoms with Crippen molar-refractivity contribution >= 4 is 50.8 Å². The van der Waals surface area contributed by atoms with Crippen LogP contribution in [0.2, 0.25) is 0 Å². The lowest BCUT2D eigenvalue weighted by molar-refractivity contribution is -0.123. The van der Waals surface area contributed by atoms with Crippen molar-refractivity contribution in [1.82, 2.24) is 9.88 Å². The molecule has 162 valence electrons. The van der Waals surface area contributed by atoms with Crippen molar-refractivity contribution in [3.05, 3.63) is 54.1 Å². The van der Waals surface area contributed by atoms with Gasteiger partial charge in [0.05, 0.1) is 16.0 Å². The average Bonchev–Trinajstić information content (AvgIpc) is 3.21. The predicted octanol–water partition coefficient (Wildman–Crippen LogP) is 3.77. The van der Waals surface area contributed by atoms with E-state index in [2.05, 4.69) is 27.3 Å². The number of thioether (sulfide) groups is 1. The lowest BCUT2D eigenvalue weighted by atomic mass is 9.96. The van der Waals surface area contributed by atoms with Crippen molar-refractivity contribution in [2.45, 2.75) is 23.6 Å². The molecule has 1 saturated heterocycles. The van der Waals surface area contributed by atoms with Crippen LogP contribution in [0.1, 0.15) is 18.4 Å². The Morgan fingerprint density at radius 3 is 2.58 bits per heavy atom. The zero-order chi connectivity index (χ0) is 21.6. The van der Waals surface area contributed by atoms with Gasteiger partial charge in [0, 0.05) is 18.2 Å². The van der Waals surface area contributed by atoms with E-state index in [1.807, 2.05) is 36.4 Å². The number of primary amides is 1. The number of para-hydroxylation sites is 1. The molecular formula is C23H26N4O2S2. The molecule has 2 heterocycles. The van der Waals surface area contributed by atoms with Crippen LogP contribution in [-0.4, -0.2) is 47.1 Å². The van der Waals surface area contributed by atoms with Gasteiger partial charge in [0.1, 0.15) is 0 Å². The number of nitrogens with one attached hydrogen (secondary N) is 1. The van der Waals surface area contributed by atoms with Gasteiger partial charge in [-0.15, -0.1) is 11.3 Å². The maximum atomic E-state index is 12.3. The molecule has 8 heteroatoms. The zero-order valence-electron chi connectivity index (χ0n) is 17.3. The number of fused-ring (bicyclic) bond motifs is 1. The van der Waals surface area contributed by atoms with E-state index in [1.165, 1.54) is 17.3 Å². The Bertz CT molecular complexity index is 1010. The van der Waals surface area contributed by atoms with E-state index in [4.69, 9.17) is 5.73 Å². The van der Waals surface area contributed by atoms with E-state index in [-0.39, 0.29) is 17.7 Å². The molecular weight excluding hydrogens is 428 g/mol. The molecule has 2 aromatic carbocycles. The standard InChI is InChI=1S/C23H26N4O2S2/c24-22(29)17-10-13-27(14-11-17)12-9-16-5-7-18(8-6-16)25-21(28)15-30-23-26-19-3-1-2-4-20(19)31-23/h1-8,17H,9-15H2,(H2,24,29)(H,25,28). The van der Waals surface area contributed by atoms with Gasteiger partial charge in [-0.25, -0.2) is 4.98 Å². The van der Waals surface area contributed by atoms with Crippen molar-refractivity contribution in [1.29, 1.82) is 0 Å². The first kappa shape index (κ1) is 21.8. The molecule has 1 aliphatic heterocycles. The second-order valence-corrected chi connectivity index (χ2v) is 10.0. The zero-order valence-corrected chi connectivity index (χ0v) is 18.9. The monoisotopic (exact) mass is 454 g/mol. The highest BCUT2D eigenvalue weighted by Crippen LogP contribution is 2.29. The number of thiazole rings is 1. The minimum atomic E-state index is -0.171. The summed E-state index contributed by atoms with van der Waals surface area (Å²) in [7, 11) is 0. The van der Waals surface area contributed by atoms with Gasteiger partial charge in [0.15, 0.2) is 4.34 Å². The number of rotatable bonds is 8. The molecule has 0 atom stereocenters. The number of hydrogen-bond donors (Lipinski definition) is 2. The normalized spacial score (nSPS) is 15.2. The maximum Gasteiger partial charge on any atom is 0.234 e. The predicted molar refractivity (Wildman–Crippen MR) is 127 cm³/mol. The van der Waals surface area contributed by atoms with Gasteiger partial charge in [0.2, 0.25) is 11.8 Å². The fraction of sp³-hybridized carbons (Fsp3) is 0.348. The van der Waals surface area contributed by atoms with Gasteiger partial charge >= 0.3 is 0 Å². The molecule has 0 radical (unpaired) electrons. The molecule has 3 aromatic rings. The van der Waals surface area contributed by atoms with E-state index in [0.717, 1.165) is 59.1 Å². The topological polar surface area (TPSA) is 88.3 Å². The van der Waals surface area contributed by atoms with Crippen LogP contribution < -0.4 is 11.1 Å². The summed E-state index contributed by atoms with van der Waals surface area (Å²) >= 11 is 3.07. The molecule has 0 spiro atoms. The molecule has 1 fully saturated rings. The van der Waals surface area contributed by atoms with E-state index in [0.29, 0.717) is 5.75 Å². The number of hydrogen-bond acceptors (Lipinski definition) is 6. The van der Waals surface area contributed by atoms with Crippen molar-refractivity contribution in [2.24, 2.45) is 11.7 Å². The minimum absolute atomic E-state index is 0.0330. The van der Waals surface area contributed by atoms with Crippen LogP contribution in [0.4, 0.5) is 5.69 Å². The molecule has 2 amide bonds.